The van der Waals surface area contributed by atoms with E-state index in [1.54, 1.807) is 0 Å². The third-order valence-corrected chi connectivity index (χ3v) is 2.78. The Morgan fingerprint density at radius 3 is 1.33 bits per heavy atom. The van der Waals surface area contributed by atoms with Crippen LogP contribution in [0.1, 0.15) is 0 Å². The molecule has 0 spiro atoms. The molecule has 0 nitrogen and oxygen atoms in total. The van der Waals surface area contributed by atoms with Crippen molar-refractivity contribution in [3.8, 4) is 0 Å². The highest BCUT2D eigenvalue weighted by Gasteiger charge is 2.69. The number of alkyl halides is 7. The van der Waals surface area contributed by atoms with Crippen molar-refractivity contribution in [2.75, 3.05) is 0 Å². The molecule has 0 aliphatic carbocycles. The standard InChI is InChI=1S/C5Cl4F6/c6-4(15,5(7,8)9)3(13,14)1(10)2(11)12. The van der Waals surface area contributed by atoms with Crippen LogP contribution in [0, 0.1) is 0 Å². The molecule has 0 amide bonds. The van der Waals surface area contributed by atoms with Crippen molar-refractivity contribution in [3.63, 3.8) is 0 Å². The fourth-order valence-corrected chi connectivity index (χ4v) is 0.874. The first-order valence-corrected chi connectivity index (χ1v) is 4.40. The number of allylic oxidation sites excluding steroid dienone is 1. The van der Waals surface area contributed by atoms with Crippen LogP contribution in [0.3, 0.4) is 0 Å². The lowest BCUT2D eigenvalue weighted by Gasteiger charge is -2.31. The highest BCUT2D eigenvalue weighted by molar-refractivity contribution is 6.70. The Bertz CT molecular complexity index is 276. The number of hydrogen-bond donors (Lipinski definition) is 0. The summed E-state index contributed by atoms with van der Waals surface area (Å²) in [7, 11) is 0. The van der Waals surface area contributed by atoms with Crippen LogP contribution < -0.4 is 0 Å². The van der Waals surface area contributed by atoms with Crippen LogP contribution in [0.2, 0.25) is 0 Å². The normalized spacial score (nSPS) is 17.2. The summed E-state index contributed by atoms with van der Waals surface area (Å²) in [5.74, 6) is -8.87. The van der Waals surface area contributed by atoms with Crippen LogP contribution in [0.15, 0.2) is 11.9 Å². The molecular weight excluding hydrogens is 316 g/mol. The van der Waals surface area contributed by atoms with Gasteiger partial charge < -0.3 is 0 Å². The average molecular weight is 316 g/mol. The van der Waals surface area contributed by atoms with Crippen molar-refractivity contribution in [1.82, 2.24) is 0 Å². The van der Waals surface area contributed by atoms with Crippen LogP contribution in [0.5, 0.6) is 0 Å². The molecule has 0 aromatic heterocycles. The molecule has 0 aromatic carbocycles. The molecule has 0 saturated heterocycles. The van der Waals surface area contributed by atoms with Gasteiger partial charge in [0.05, 0.1) is 0 Å². The zero-order valence-electron chi connectivity index (χ0n) is 6.28. The van der Waals surface area contributed by atoms with E-state index in [0.29, 0.717) is 0 Å². The van der Waals surface area contributed by atoms with E-state index < -0.39 is 26.8 Å². The van der Waals surface area contributed by atoms with Crippen LogP contribution in [-0.2, 0) is 0 Å². The van der Waals surface area contributed by atoms with Gasteiger partial charge in [0, 0.05) is 0 Å². The van der Waals surface area contributed by atoms with Gasteiger partial charge in [0.1, 0.15) is 0 Å². The zero-order valence-corrected chi connectivity index (χ0v) is 9.30. The fraction of sp³-hybridized carbons (Fsp3) is 0.600. The lowest BCUT2D eigenvalue weighted by molar-refractivity contribution is -0.0804. The molecule has 0 N–H and O–H groups in total. The van der Waals surface area contributed by atoms with Crippen LogP contribution >= 0.6 is 46.4 Å². The maximum Gasteiger partial charge on any atom is 0.355 e. The topological polar surface area (TPSA) is 0 Å². The van der Waals surface area contributed by atoms with Gasteiger partial charge in [-0.3, -0.25) is 0 Å². The monoisotopic (exact) mass is 314 g/mol. The smallest absolute Gasteiger partial charge is 0.214 e. The molecule has 0 aliphatic rings. The SMILES string of the molecule is FC(F)=C(F)C(F)(F)C(F)(Cl)C(Cl)(Cl)Cl. The van der Waals surface area contributed by atoms with E-state index in [1.807, 2.05) is 0 Å². The molecule has 0 bridgehead atoms. The summed E-state index contributed by atoms with van der Waals surface area (Å²) in [6.07, 6.45) is -3.46. The highest BCUT2D eigenvalue weighted by atomic mass is 35.6. The van der Waals surface area contributed by atoms with E-state index in [1.165, 1.54) is 0 Å². The van der Waals surface area contributed by atoms with Crippen molar-refractivity contribution in [2.45, 2.75) is 14.8 Å². The third-order valence-electron chi connectivity index (χ3n) is 1.19. The Balaban J connectivity index is 5.49. The summed E-state index contributed by atoms with van der Waals surface area (Å²) in [6, 6.07) is 0. The summed E-state index contributed by atoms with van der Waals surface area (Å²) in [4.78, 5) is 0. The van der Waals surface area contributed by atoms with E-state index in [4.69, 9.17) is 0 Å². The van der Waals surface area contributed by atoms with Gasteiger partial charge in [0.25, 0.3) is 5.13 Å². The second-order valence-corrected chi connectivity index (χ2v) is 5.02. The molecular formula is C5Cl4F6. The first-order chi connectivity index (χ1) is 6.35. The van der Waals surface area contributed by atoms with Crippen molar-refractivity contribution in [1.29, 1.82) is 0 Å². The number of halogens is 10. The van der Waals surface area contributed by atoms with Crippen LogP contribution in [0.4, 0.5) is 26.3 Å². The van der Waals surface area contributed by atoms with Crippen LogP contribution in [0.25, 0.3) is 0 Å². The Hall–Kier alpha value is 0.480. The average Bonchev–Trinajstić information content (AvgIpc) is 2.00. The van der Waals surface area contributed by atoms with E-state index >= 15 is 0 Å². The van der Waals surface area contributed by atoms with Gasteiger partial charge in [-0.05, 0) is 0 Å². The number of hydrogen-bond acceptors (Lipinski definition) is 0. The molecule has 0 fully saturated rings. The fourth-order valence-electron chi connectivity index (χ4n) is 0.435. The molecule has 0 saturated carbocycles. The van der Waals surface area contributed by atoms with E-state index in [-0.39, 0.29) is 0 Å². The van der Waals surface area contributed by atoms with Crippen molar-refractivity contribution in [2.24, 2.45) is 0 Å². The van der Waals surface area contributed by atoms with E-state index in [9.17, 15) is 26.3 Å². The predicted molar refractivity (Wildman–Crippen MR) is 45.3 cm³/mol. The van der Waals surface area contributed by atoms with Gasteiger partial charge >= 0.3 is 12.0 Å². The molecule has 0 radical (unpaired) electrons. The Kier molecular flexibility index (Phi) is 4.53. The van der Waals surface area contributed by atoms with Gasteiger partial charge in [-0.1, -0.05) is 46.4 Å². The lowest BCUT2D eigenvalue weighted by Crippen LogP contribution is -2.49. The Morgan fingerprint density at radius 2 is 1.13 bits per heavy atom. The summed E-state index contributed by atoms with van der Waals surface area (Å²) in [5.41, 5.74) is 0. The van der Waals surface area contributed by atoms with Crippen molar-refractivity contribution in [3.05, 3.63) is 11.9 Å². The molecule has 1 unspecified atom stereocenters. The minimum Gasteiger partial charge on any atom is -0.214 e. The highest BCUT2D eigenvalue weighted by Crippen LogP contribution is 2.55. The third kappa shape index (κ3) is 2.78. The van der Waals surface area contributed by atoms with Gasteiger partial charge in [0.2, 0.25) is 9.62 Å². The van der Waals surface area contributed by atoms with Gasteiger partial charge in [-0.2, -0.15) is 22.0 Å². The molecule has 0 heterocycles. The van der Waals surface area contributed by atoms with Crippen molar-refractivity contribution < 1.29 is 26.3 Å². The largest absolute Gasteiger partial charge is 0.355 e. The van der Waals surface area contributed by atoms with E-state index in [2.05, 4.69) is 46.4 Å². The summed E-state index contributed by atoms with van der Waals surface area (Å²) < 4.78 is 70.1. The quantitative estimate of drug-likeness (QED) is 0.498. The molecule has 10 heteroatoms. The molecule has 1 atom stereocenters. The molecule has 15 heavy (non-hydrogen) atoms. The summed E-state index contributed by atoms with van der Waals surface area (Å²) in [5, 5.41) is -4.64. The lowest BCUT2D eigenvalue weighted by atomic mass is 10.2. The maximum absolute atomic E-state index is 13.0. The predicted octanol–water partition coefficient (Wildman–Crippen LogP) is 4.97. The Morgan fingerprint density at radius 1 is 0.800 bits per heavy atom. The molecule has 0 aromatic rings. The molecule has 0 aliphatic heterocycles. The first kappa shape index (κ1) is 15.5. The minimum atomic E-state index is -5.47. The molecule has 0 rings (SSSR count). The molecule has 90 valence electrons. The van der Waals surface area contributed by atoms with Gasteiger partial charge in [-0.15, -0.1) is 0 Å². The second kappa shape index (κ2) is 4.39. The van der Waals surface area contributed by atoms with Crippen LogP contribution in [-0.4, -0.2) is 14.8 Å². The van der Waals surface area contributed by atoms with Crippen molar-refractivity contribution >= 4 is 46.4 Å². The second-order valence-electron chi connectivity index (χ2n) is 2.22. The Labute approximate surface area is 99.7 Å². The van der Waals surface area contributed by atoms with Gasteiger partial charge in [0.15, 0.2) is 0 Å². The summed E-state index contributed by atoms with van der Waals surface area (Å²) >= 11 is 18.4. The minimum absolute atomic E-state index is 3.40. The van der Waals surface area contributed by atoms with E-state index in [0.717, 1.165) is 0 Å². The summed E-state index contributed by atoms with van der Waals surface area (Å²) in [6.45, 7) is 0. The van der Waals surface area contributed by atoms with Gasteiger partial charge in [-0.25, -0.2) is 4.39 Å². The number of rotatable bonds is 2. The first-order valence-electron chi connectivity index (χ1n) is 2.89. The zero-order chi connectivity index (χ0) is 12.7. The maximum atomic E-state index is 13.0.